The van der Waals surface area contributed by atoms with Crippen molar-refractivity contribution in [1.82, 2.24) is 9.55 Å². The van der Waals surface area contributed by atoms with Crippen molar-refractivity contribution < 1.29 is 18.0 Å². The number of carbonyl (C=O) groups is 1. The van der Waals surface area contributed by atoms with Gasteiger partial charge in [0.1, 0.15) is 6.04 Å². The highest BCUT2D eigenvalue weighted by Crippen LogP contribution is 2.34. The average molecular weight is 374 g/mol. The Hall–Kier alpha value is -2.35. The van der Waals surface area contributed by atoms with E-state index >= 15 is 0 Å². The predicted octanol–water partition coefficient (Wildman–Crippen LogP) is 3.73. The summed E-state index contributed by atoms with van der Waals surface area (Å²) in [5.41, 5.74) is -0.720. The third-order valence-corrected chi connectivity index (χ3v) is 3.92. The summed E-state index contributed by atoms with van der Waals surface area (Å²) >= 11 is 5.86. The van der Waals surface area contributed by atoms with Crippen molar-refractivity contribution in [2.45, 2.75) is 33.0 Å². The first kappa shape index (κ1) is 19.0. The van der Waals surface area contributed by atoms with E-state index in [9.17, 15) is 22.8 Å². The van der Waals surface area contributed by atoms with E-state index in [2.05, 4.69) is 10.3 Å². The minimum absolute atomic E-state index is 0.0420. The molecular weight excluding hydrogens is 359 g/mol. The number of aryl methyl sites for hydroxylation is 2. The van der Waals surface area contributed by atoms with E-state index in [0.29, 0.717) is 11.4 Å². The normalized spacial score (nSPS) is 12.8. The van der Waals surface area contributed by atoms with E-state index in [1.165, 1.54) is 6.92 Å². The maximum absolute atomic E-state index is 12.8. The second-order valence-electron chi connectivity index (χ2n) is 5.55. The Bertz CT molecular complexity index is 878. The van der Waals surface area contributed by atoms with Crippen molar-refractivity contribution in [3.8, 4) is 0 Å². The molecule has 9 heteroatoms. The monoisotopic (exact) mass is 373 g/mol. The third kappa shape index (κ3) is 4.19. The van der Waals surface area contributed by atoms with E-state index in [1.54, 1.807) is 19.9 Å². The van der Waals surface area contributed by atoms with Gasteiger partial charge in [-0.1, -0.05) is 11.6 Å². The molecule has 0 bridgehead atoms. The van der Waals surface area contributed by atoms with Gasteiger partial charge in [0.05, 0.1) is 16.3 Å². The molecule has 0 aliphatic rings. The quantitative estimate of drug-likeness (QED) is 0.891. The lowest BCUT2D eigenvalue weighted by atomic mass is 10.2. The Kier molecular flexibility index (Phi) is 5.22. The zero-order valence-corrected chi connectivity index (χ0v) is 14.4. The molecule has 1 aromatic heterocycles. The second-order valence-corrected chi connectivity index (χ2v) is 5.96. The minimum atomic E-state index is -4.57. The number of hydrogen-bond donors (Lipinski definition) is 1. The number of nitrogens with one attached hydrogen (secondary N) is 1. The fourth-order valence-electron chi connectivity index (χ4n) is 2.38. The highest BCUT2D eigenvalue weighted by molar-refractivity contribution is 6.33. The molecule has 1 aromatic carbocycles. The van der Waals surface area contributed by atoms with Gasteiger partial charge >= 0.3 is 11.9 Å². The molecule has 1 amide bonds. The van der Waals surface area contributed by atoms with Crippen LogP contribution in [0.15, 0.2) is 29.1 Å². The molecule has 1 heterocycles. The first-order valence-corrected chi connectivity index (χ1v) is 7.63. The van der Waals surface area contributed by atoms with Gasteiger partial charge in [-0.05, 0) is 45.0 Å². The van der Waals surface area contributed by atoms with Gasteiger partial charge in [-0.25, -0.2) is 4.79 Å². The lowest BCUT2D eigenvalue weighted by molar-refractivity contribution is -0.137. The number of rotatable bonds is 3. The van der Waals surface area contributed by atoms with Gasteiger partial charge < -0.3 is 5.32 Å². The summed E-state index contributed by atoms with van der Waals surface area (Å²) in [4.78, 5) is 28.1. The fraction of sp³-hybridized carbons (Fsp3) is 0.312. The van der Waals surface area contributed by atoms with Crippen molar-refractivity contribution in [3.05, 3.63) is 56.7 Å². The highest BCUT2D eigenvalue weighted by atomic mass is 35.5. The molecule has 1 atom stereocenters. The summed E-state index contributed by atoms with van der Waals surface area (Å²) in [6.07, 6.45) is -4.57. The van der Waals surface area contributed by atoms with Crippen LogP contribution >= 0.6 is 11.6 Å². The number of alkyl halides is 3. The van der Waals surface area contributed by atoms with Crippen LogP contribution in [0.3, 0.4) is 0 Å². The number of hydrogen-bond acceptors (Lipinski definition) is 3. The Labute approximate surface area is 146 Å². The van der Waals surface area contributed by atoms with Crippen LogP contribution in [0.1, 0.15) is 29.9 Å². The predicted molar refractivity (Wildman–Crippen MR) is 87.8 cm³/mol. The van der Waals surface area contributed by atoms with E-state index < -0.39 is 29.4 Å². The molecule has 0 aliphatic heterocycles. The van der Waals surface area contributed by atoms with Gasteiger partial charge in [-0.3, -0.25) is 9.36 Å². The number of amides is 1. The minimum Gasteiger partial charge on any atom is -0.323 e. The summed E-state index contributed by atoms with van der Waals surface area (Å²) in [5.74, 6) is -0.683. The first-order chi connectivity index (χ1) is 11.5. The lowest BCUT2D eigenvalue weighted by Crippen LogP contribution is -2.34. The first-order valence-electron chi connectivity index (χ1n) is 7.25. The van der Waals surface area contributed by atoms with E-state index in [1.807, 2.05) is 0 Å². The van der Waals surface area contributed by atoms with Gasteiger partial charge in [0.15, 0.2) is 0 Å². The van der Waals surface area contributed by atoms with E-state index in [-0.39, 0.29) is 10.7 Å². The lowest BCUT2D eigenvalue weighted by Gasteiger charge is -2.18. The SMILES string of the molecule is Cc1cc(C)n([C@@H](C)C(=O)Nc2cc(C(F)(F)F)ccc2Cl)c(=O)n1. The van der Waals surface area contributed by atoms with Crippen molar-refractivity contribution in [1.29, 1.82) is 0 Å². The summed E-state index contributed by atoms with van der Waals surface area (Å²) in [7, 11) is 0. The molecule has 2 rings (SSSR count). The molecule has 0 aliphatic carbocycles. The average Bonchev–Trinajstić information content (AvgIpc) is 2.47. The largest absolute Gasteiger partial charge is 0.416 e. The molecule has 2 aromatic rings. The Morgan fingerprint density at radius 1 is 1.28 bits per heavy atom. The van der Waals surface area contributed by atoms with E-state index in [4.69, 9.17) is 11.6 Å². The molecule has 134 valence electrons. The van der Waals surface area contributed by atoms with Gasteiger partial charge in [0.25, 0.3) is 0 Å². The molecule has 0 saturated carbocycles. The summed E-state index contributed by atoms with van der Waals surface area (Å²) in [5, 5.41) is 2.29. The number of benzene rings is 1. The maximum Gasteiger partial charge on any atom is 0.416 e. The van der Waals surface area contributed by atoms with Gasteiger partial charge in [0.2, 0.25) is 5.91 Å². The molecule has 1 N–H and O–H groups in total. The molecule has 25 heavy (non-hydrogen) atoms. The fourth-order valence-corrected chi connectivity index (χ4v) is 2.55. The Morgan fingerprint density at radius 3 is 2.48 bits per heavy atom. The second kappa shape index (κ2) is 6.87. The molecule has 0 saturated heterocycles. The van der Waals surface area contributed by atoms with Gasteiger partial charge in [-0.15, -0.1) is 0 Å². The third-order valence-electron chi connectivity index (χ3n) is 3.59. The van der Waals surface area contributed by atoms with Crippen LogP contribution in [0.4, 0.5) is 18.9 Å². The smallest absolute Gasteiger partial charge is 0.323 e. The number of carbonyl (C=O) groups excluding carboxylic acids is 1. The Morgan fingerprint density at radius 2 is 1.92 bits per heavy atom. The van der Waals surface area contributed by atoms with E-state index in [0.717, 1.165) is 22.8 Å². The maximum atomic E-state index is 12.8. The number of anilines is 1. The molecule has 0 unspecified atom stereocenters. The zero-order valence-electron chi connectivity index (χ0n) is 13.6. The highest BCUT2D eigenvalue weighted by Gasteiger charge is 2.31. The Balaban J connectivity index is 2.33. The summed E-state index contributed by atoms with van der Waals surface area (Å²) in [6.45, 7) is 4.73. The molecular formula is C16H15ClF3N3O2. The van der Waals surface area contributed by atoms with Crippen LogP contribution in [0.2, 0.25) is 5.02 Å². The van der Waals surface area contributed by atoms with Crippen molar-refractivity contribution in [3.63, 3.8) is 0 Å². The topological polar surface area (TPSA) is 64.0 Å². The van der Waals surface area contributed by atoms with Crippen LogP contribution in [0, 0.1) is 13.8 Å². The van der Waals surface area contributed by atoms with Crippen molar-refractivity contribution >= 4 is 23.2 Å². The van der Waals surface area contributed by atoms with Gasteiger partial charge in [0, 0.05) is 11.4 Å². The molecule has 5 nitrogen and oxygen atoms in total. The molecule has 0 radical (unpaired) electrons. The van der Waals surface area contributed by atoms with Crippen LogP contribution in [0.5, 0.6) is 0 Å². The number of nitrogens with zero attached hydrogens (tertiary/aromatic N) is 2. The van der Waals surface area contributed by atoms with Crippen LogP contribution < -0.4 is 11.0 Å². The van der Waals surface area contributed by atoms with Gasteiger partial charge in [-0.2, -0.15) is 18.2 Å². The van der Waals surface area contributed by atoms with Crippen molar-refractivity contribution in [2.24, 2.45) is 0 Å². The summed E-state index contributed by atoms with van der Waals surface area (Å²) < 4.78 is 39.5. The van der Waals surface area contributed by atoms with Crippen LogP contribution in [-0.4, -0.2) is 15.5 Å². The van der Waals surface area contributed by atoms with Crippen molar-refractivity contribution in [2.75, 3.05) is 5.32 Å². The standard InChI is InChI=1S/C16H15ClF3N3O2/c1-8-6-9(2)23(15(25)21-8)10(3)14(24)22-13-7-11(16(18,19)20)4-5-12(13)17/h4-7,10H,1-3H3,(H,22,24)/t10-/m0/s1. The number of halogens is 4. The zero-order chi connectivity index (χ0) is 18.9. The summed E-state index contributed by atoms with van der Waals surface area (Å²) in [6, 6.07) is 3.26. The van der Waals surface area contributed by atoms with Crippen LogP contribution in [-0.2, 0) is 11.0 Å². The molecule has 0 spiro atoms. The number of aromatic nitrogens is 2. The van der Waals surface area contributed by atoms with Crippen LogP contribution in [0.25, 0.3) is 0 Å². The molecule has 0 fully saturated rings.